The number of carbonyl (C=O) groups is 2. The number of hydrogen-bond acceptors (Lipinski definition) is 9. The maximum atomic E-state index is 14.3. The lowest BCUT2D eigenvalue weighted by atomic mass is 9.92. The van der Waals surface area contributed by atoms with Gasteiger partial charge in [-0.1, -0.05) is 60.7 Å². The molecule has 0 radical (unpaired) electrons. The summed E-state index contributed by atoms with van der Waals surface area (Å²) in [6, 6.07) is 11.2. The van der Waals surface area contributed by atoms with Crippen LogP contribution in [0.25, 0.3) is 0 Å². The van der Waals surface area contributed by atoms with Gasteiger partial charge in [-0.2, -0.15) is 26.3 Å². The van der Waals surface area contributed by atoms with Crippen molar-refractivity contribution in [2.45, 2.75) is 35.8 Å². The Morgan fingerprint density at radius 3 is 1.45 bits per heavy atom. The summed E-state index contributed by atoms with van der Waals surface area (Å²) >= 11 is 0. The minimum atomic E-state index is -5.43. The fraction of sp³-hybridized carbons (Fsp3) is 0.417. The highest BCUT2D eigenvalue weighted by molar-refractivity contribution is 8.72. The Labute approximate surface area is 228 Å². The number of halogens is 6. The standard InChI is InChI=1S/C24H22F6O8S2/c1-35-21(23(25,26)27,15-9-5-3-6-10-15)19(31)37-17-13-39-40(33,34)14-18(17)38-20(32)22(36-2,24(28,29)30)16-11-7-4-8-12-16/h3-12,17-18H,13-14H2,1-2H3/t17-,18+,21-,22-/m0/s1. The Bertz CT molecular complexity index is 1300. The van der Waals surface area contributed by atoms with Crippen LogP contribution < -0.4 is 0 Å². The molecule has 1 aliphatic rings. The van der Waals surface area contributed by atoms with Gasteiger partial charge in [0.2, 0.25) is 8.87 Å². The quantitative estimate of drug-likeness (QED) is 0.246. The van der Waals surface area contributed by atoms with Crippen molar-refractivity contribution in [3.63, 3.8) is 0 Å². The Morgan fingerprint density at radius 2 is 1.10 bits per heavy atom. The van der Waals surface area contributed by atoms with Crippen molar-refractivity contribution in [2.75, 3.05) is 25.7 Å². The number of rotatable bonds is 8. The second-order valence-electron chi connectivity index (χ2n) is 8.39. The lowest BCUT2D eigenvalue weighted by Gasteiger charge is -2.38. The highest BCUT2D eigenvalue weighted by atomic mass is 33.1. The summed E-state index contributed by atoms with van der Waals surface area (Å²) in [5.41, 5.74) is -8.81. The van der Waals surface area contributed by atoms with Gasteiger partial charge in [0.25, 0.3) is 11.2 Å². The topological polar surface area (TPSA) is 105 Å². The molecule has 1 aliphatic heterocycles. The Hall–Kier alpha value is -2.82. The minimum absolute atomic E-state index is 0.166. The number of alkyl halides is 6. The lowest BCUT2D eigenvalue weighted by Crippen LogP contribution is -2.57. The molecule has 0 saturated carbocycles. The molecular weight excluding hydrogens is 594 g/mol. The summed E-state index contributed by atoms with van der Waals surface area (Å²) in [4.78, 5) is 26.1. The molecule has 0 aromatic heterocycles. The average Bonchev–Trinajstić information content (AvgIpc) is 2.86. The molecule has 0 aliphatic carbocycles. The van der Waals surface area contributed by atoms with Gasteiger partial charge in [0.05, 0.1) is 0 Å². The zero-order valence-electron chi connectivity index (χ0n) is 20.7. The molecule has 1 saturated heterocycles. The van der Waals surface area contributed by atoms with E-state index in [9.17, 15) is 44.3 Å². The first-order chi connectivity index (χ1) is 18.6. The Kier molecular flexibility index (Phi) is 9.18. The fourth-order valence-electron chi connectivity index (χ4n) is 4.07. The zero-order valence-corrected chi connectivity index (χ0v) is 22.3. The van der Waals surface area contributed by atoms with Crippen molar-refractivity contribution in [2.24, 2.45) is 0 Å². The van der Waals surface area contributed by atoms with Gasteiger partial charge in [0.1, 0.15) is 11.9 Å². The van der Waals surface area contributed by atoms with Crippen LogP contribution in [-0.2, 0) is 48.6 Å². The third-order valence-electron chi connectivity index (χ3n) is 6.06. The molecular formula is C24H22F6O8S2. The maximum Gasteiger partial charge on any atom is 0.432 e. The molecule has 40 heavy (non-hydrogen) atoms. The molecule has 1 heterocycles. The third-order valence-corrected chi connectivity index (χ3v) is 9.51. The van der Waals surface area contributed by atoms with E-state index in [1.54, 1.807) is 0 Å². The normalized spacial score (nSPS) is 22.4. The summed E-state index contributed by atoms with van der Waals surface area (Å²) in [5.74, 6) is -6.07. The predicted octanol–water partition coefficient (Wildman–Crippen LogP) is 4.10. The van der Waals surface area contributed by atoms with Crippen LogP contribution in [0.3, 0.4) is 0 Å². The summed E-state index contributed by atoms with van der Waals surface area (Å²) in [6.07, 6.45) is -14.9. The van der Waals surface area contributed by atoms with Crippen LogP contribution in [0.4, 0.5) is 26.3 Å². The second-order valence-corrected chi connectivity index (χ2v) is 12.6. The molecule has 2 aromatic carbocycles. The summed E-state index contributed by atoms with van der Waals surface area (Å²) in [5, 5.41) is 0. The second kappa shape index (κ2) is 11.6. The number of methoxy groups -OCH3 is 2. The SMILES string of the molecule is CO[C@](C(=O)O[C@H]1CSS(=O)(=O)C[C@H]1OC(=O)[C@@](OC)(c1ccccc1)C(F)(F)F)(c1ccccc1)C(F)(F)F. The predicted molar refractivity (Wildman–Crippen MR) is 128 cm³/mol. The van der Waals surface area contributed by atoms with Crippen molar-refractivity contribution in [3.05, 3.63) is 71.8 Å². The van der Waals surface area contributed by atoms with Crippen LogP contribution in [-0.4, -0.2) is 70.6 Å². The molecule has 220 valence electrons. The van der Waals surface area contributed by atoms with Gasteiger partial charge in [0.15, 0.2) is 6.10 Å². The van der Waals surface area contributed by atoms with E-state index in [4.69, 9.17) is 9.47 Å². The highest BCUT2D eigenvalue weighted by Crippen LogP contribution is 2.45. The first-order valence-electron chi connectivity index (χ1n) is 11.2. The van der Waals surface area contributed by atoms with E-state index in [2.05, 4.69) is 9.47 Å². The van der Waals surface area contributed by atoms with E-state index in [1.165, 1.54) is 36.4 Å². The molecule has 4 atom stereocenters. The van der Waals surface area contributed by atoms with Crippen molar-refractivity contribution < 1.29 is 63.3 Å². The zero-order chi connectivity index (χ0) is 30.0. The van der Waals surface area contributed by atoms with Crippen LogP contribution in [0.1, 0.15) is 11.1 Å². The van der Waals surface area contributed by atoms with Gasteiger partial charge in [-0.25, -0.2) is 18.0 Å². The molecule has 0 N–H and O–H groups in total. The maximum absolute atomic E-state index is 14.3. The van der Waals surface area contributed by atoms with Crippen LogP contribution in [0.15, 0.2) is 60.7 Å². The molecule has 16 heteroatoms. The fourth-order valence-corrected chi connectivity index (χ4v) is 7.19. The minimum Gasteiger partial charge on any atom is -0.455 e. The summed E-state index contributed by atoms with van der Waals surface area (Å²) in [6.45, 7) is 0. The van der Waals surface area contributed by atoms with Gasteiger partial charge in [0, 0.05) is 31.1 Å². The van der Waals surface area contributed by atoms with Crippen LogP contribution in [0, 0.1) is 0 Å². The molecule has 0 spiro atoms. The lowest BCUT2D eigenvalue weighted by molar-refractivity contribution is -0.284. The molecule has 1 fully saturated rings. The molecule has 8 nitrogen and oxygen atoms in total. The number of benzene rings is 2. The van der Waals surface area contributed by atoms with E-state index in [-0.39, 0.29) is 10.8 Å². The van der Waals surface area contributed by atoms with Gasteiger partial charge >= 0.3 is 24.3 Å². The number of carbonyl (C=O) groups excluding carboxylic acids is 2. The first kappa shape index (κ1) is 31.7. The van der Waals surface area contributed by atoms with E-state index in [1.807, 2.05) is 0 Å². The van der Waals surface area contributed by atoms with Gasteiger partial charge < -0.3 is 18.9 Å². The van der Waals surface area contributed by atoms with E-state index in [0.717, 1.165) is 24.3 Å². The van der Waals surface area contributed by atoms with Crippen molar-refractivity contribution in [1.82, 2.24) is 0 Å². The monoisotopic (exact) mass is 616 g/mol. The smallest absolute Gasteiger partial charge is 0.432 e. The number of ether oxygens (including phenoxy) is 4. The van der Waals surface area contributed by atoms with Gasteiger partial charge in [-0.05, 0) is 10.8 Å². The number of esters is 2. The molecule has 3 rings (SSSR count). The molecule has 0 amide bonds. The van der Waals surface area contributed by atoms with Crippen molar-refractivity contribution in [1.29, 1.82) is 0 Å². The van der Waals surface area contributed by atoms with Crippen LogP contribution >= 0.6 is 10.8 Å². The number of hydrogen-bond donors (Lipinski definition) is 0. The Morgan fingerprint density at radius 1 is 0.725 bits per heavy atom. The van der Waals surface area contributed by atoms with Gasteiger partial charge in [-0.15, -0.1) is 0 Å². The van der Waals surface area contributed by atoms with E-state index < -0.39 is 79.2 Å². The Balaban J connectivity index is 2.01. The van der Waals surface area contributed by atoms with Gasteiger partial charge in [-0.3, -0.25) is 0 Å². The summed E-state index contributed by atoms with van der Waals surface area (Å²) in [7, 11) is -2.82. The molecule has 0 bridgehead atoms. The molecule has 2 aromatic rings. The highest BCUT2D eigenvalue weighted by Gasteiger charge is 2.66. The largest absolute Gasteiger partial charge is 0.455 e. The third kappa shape index (κ3) is 5.80. The molecule has 0 unspecified atom stereocenters. The van der Waals surface area contributed by atoms with E-state index >= 15 is 0 Å². The summed E-state index contributed by atoms with van der Waals surface area (Å²) < 4.78 is 129. The average molecular weight is 617 g/mol. The van der Waals surface area contributed by atoms with Crippen LogP contribution in [0.2, 0.25) is 0 Å². The van der Waals surface area contributed by atoms with E-state index in [0.29, 0.717) is 14.2 Å². The van der Waals surface area contributed by atoms with Crippen molar-refractivity contribution in [3.8, 4) is 0 Å². The first-order valence-corrected chi connectivity index (χ1v) is 14.3. The van der Waals surface area contributed by atoms with Crippen molar-refractivity contribution >= 4 is 31.6 Å². The van der Waals surface area contributed by atoms with Crippen LogP contribution in [0.5, 0.6) is 0 Å².